The van der Waals surface area contributed by atoms with Crippen LogP contribution >= 0.6 is 63.7 Å². The van der Waals surface area contributed by atoms with Gasteiger partial charge in [0.15, 0.2) is 0 Å². The first-order chi connectivity index (χ1) is 12.7. The van der Waals surface area contributed by atoms with Crippen molar-refractivity contribution in [2.45, 2.75) is 9.79 Å². The minimum atomic E-state index is -3.93. The normalized spacial score (nSPS) is 11.5. The topological polar surface area (TPSA) is 93.1 Å². The Hall–Kier alpha value is -0.170. The zero-order chi connectivity index (χ0) is 20.2. The van der Waals surface area contributed by atoms with Crippen LogP contribution in [0.1, 0.15) is 0 Å². The number of hydrogen-bond donors (Lipinski definition) is 2. The predicted molar refractivity (Wildman–Crippen MR) is 114 cm³/mol. The highest BCUT2D eigenvalue weighted by molar-refractivity contribution is 9.11. The Morgan fingerprint density at radius 1 is 0.704 bits per heavy atom. The zero-order valence-corrected chi connectivity index (χ0v) is 20.7. The third kappa shape index (κ3) is 5.46. The Balaban J connectivity index is 2.53. The first-order valence-corrected chi connectivity index (χ1v) is 12.1. The highest BCUT2D eigenvalue weighted by atomic mass is 79.9. The molecule has 0 saturated carbocycles. The van der Waals surface area contributed by atoms with E-state index in [4.69, 9.17) is 19.7 Å². The zero-order valence-electron chi connectivity index (χ0n) is 13.6. The van der Waals surface area contributed by atoms with E-state index in [1.807, 2.05) is 0 Å². The number of halogens is 4. The van der Waals surface area contributed by atoms with Crippen LogP contribution in [0.2, 0.25) is 0 Å². The van der Waals surface area contributed by atoms with Crippen molar-refractivity contribution in [2.24, 2.45) is 0 Å². The molecule has 2 rings (SSSR count). The summed E-state index contributed by atoms with van der Waals surface area (Å²) in [5.41, 5.74) is 0. The molecule has 0 radical (unpaired) electrons. The van der Waals surface area contributed by atoms with Crippen LogP contribution in [0.5, 0.6) is 11.5 Å². The first kappa shape index (κ1) is 23.1. The molecule has 0 atom stereocenters. The number of aliphatic hydroxyl groups is 2. The molecule has 6 nitrogen and oxygen atoms in total. The molecular formula is C16H14Br4O6S. The van der Waals surface area contributed by atoms with Crippen LogP contribution in [0.3, 0.4) is 0 Å². The van der Waals surface area contributed by atoms with Gasteiger partial charge in [-0.25, -0.2) is 8.42 Å². The molecule has 2 aromatic rings. The van der Waals surface area contributed by atoms with E-state index >= 15 is 0 Å². The fourth-order valence-electron chi connectivity index (χ4n) is 2.18. The molecule has 11 heteroatoms. The van der Waals surface area contributed by atoms with Crippen LogP contribution in [-0.4, -0.2) is 45.1 Å². The van der Waals surface area contributed by atoms with Gasteiger partial charge in [0.2, 0.25) is 9.84 Å². The van der Waals surface area contributed by atoms with Gasteiger partial charge < -0.3 is 19.7 Å². The molecule has 0 saturated heterocycles. The van der Waals surface area contributed by atoms with Crippen molar-refractivity contribution >= 4 is 73.6 Å². The Morgan fingerprint density at radius 2 is 1.00 bits per heavy atom. The molecule has 148 valence electrons. The molecule has 0 spiro atoms. The SMILES string of the molecule is O=S(=O)(c1c(Br)cc(OCCO)cc1Br)c1c(Br)cc(OCCO)cc1Br. The average Bonchev–Trinajstić information content (AvgIpc) is 2.56. The maximum absolute atomic E-state index is 13.3. The van der Waals surface area contributed by atoms with Crippen LogP contribution in [0.15, 0.2) is 51.9 Å². The van der Waals surface area contributed by atoms with E-state index in [0.717, 1.165) is 0 Å². The Morgan fingerprint density at radius 3 is 1.26 bits per heavy atom. The Kier molecular flexibility index (Phi) is 8.59. The quantitative estimate of drug-likeness (QED) is 0.441. The third-order valence-electron chi connectivity index (χ3n) is 3.20. The van der Waals surface area contributed by atoms with Gasteiger partial charge in [-0.3, -0.25) is 0 Å². The van der Waals surface area contributed by atoms with E-state index in [1.165, 1.54) is 24.3 Å². The number of rotatable bonds is 8. The molecule has 0 aliphatic rings. The fraction of sp³-hybridized carbons (Fsp3) is 0.250. The standard InChI is InChI=1S/C16H14Br4O6S/c17-11-5-9(25-3-1-21)6-12(18)15(11)27(23,24)16-13(19)7-10(8-14(16)20)26-4-2-22/h5-8,21-22H,1-4H2. The van der Waals surface area contributed by atoms with Crippen molar-refractivity contribution in [3.05, 3.63) is 42.2 Å². The second kappa shape index (κ2) is 10.0. The van der Waals surface area contributed by atoms with Gasteiger partial charge >= 0.3 is 0 Å². The monoisotopic (exact) mass is 650 g/mol. The van der Waals surface area contributed by atoms with Crippen molar-refractivity contribution in [3.63, 3.8) is 0 Å². The first-order valence-electron chi connectivity index (χ1n) is 7.42. The third-order valence-corrected chi connectivity index (χ3v) is 8.71. The van der Waals surface area contributed by atoms with Gasteiger partial charge in [0.1, 0.15) is 34.5 Å². The van der Waals surface area contributed by atoms with E-state index in [9.17, 15) is 8.42 Å². The molecule has 0 aliphatic carbocycles. The van der Waals surface area contributed by atoms with E-state index in [2.05, 4.69) is 63.7 Å². The maximum Gasteiger partial charge on any atom is 0.211 e. The van der Waals surface area contributed by atoms with E-state index in [1.54, 1.807) is 0 Å². The maximum atomic E-state index is 13.3. The van der Waals surface area contributed by atoms with Crippen molar-refractivity contribution in [2.75, 3.05) is 26.4 Å². The molecule has 0 bridgehead atoms. The van der Waals surface area contributed by atoms with Crippen LogP contribution < -0.4 is 9.47 Å². The molecule has 2 N–H and O–H groups in total. The number of aliphatic hydroxyl groups excluding tert-OH is 2. The largest absolute Gasteiger partial charge is 0.491 e. The molecule has 27 heavy (non-hydrogen) atoms. The Bertz CT molecular complexity index is 817. The fourth-order valence-corrected chi connectivity index (χ4v) is 8.50. The lowest BCUT2D eigenvalue weighted by molar-refractivity contribution is 0.201. The number of sulfone groups is 1. The lowest BCUT2D eigenvalue weighted by Crippen LogP contribution is -2.08. The van der Waals surface area contributed by atoms with Crippen LogP contribution in [0, 0.1) is 0 Å². The summed E-state index contributed by atoms with van der Waals surface area (Å²) in [6.45, 7) is -0.117. The van der Waals surface area contributed by atoms with Gasteiger partial charge in [-0.05, 0) is 88.0 Å². The molecule has 0 unspecified atom stereocenters. The van der Waals surface area contributed by atoms with Crippen molar-refractivity contribution in [3.8, 4) is 11.5 Å². The molecule has 0 heterocycles. The Labute approximate surface area is 190 Å². The summed E-state index contributed by atoms with van der Waals surface area (Å²) < 4.78 is 38.5. The van der Waals surface area contributed by atoms with Gasteiger partial charge in [0, 0.05) is 17.9 Å². The summed E-state index contributed by atoms with van der Waals surface area (Å²) in [6.07, 6.45) is 0. The smallest absolute Gasteiger partial charge is 0.211 e. The molecule has 0 fully saturated rings. The van der Waals surface area contributed by atoms with Gasteiger partial charge in [-0.1, -0.05) is 0 Å². The van der Waals surface area contributed by atoms with E-state index in [0.29, 0.717) is 29.4 Å². The number of benzene rings is 2. The number of hydrogen-bond acceptors (Lipinski definition) is 6. The van der Waals surface area contributed by atoms with E-state index < -0.39 is 9.84 Å². The summed E-state index contributed by atoms with van der Waals surface area (Å²) in [4.78, 5) is 0.0635. The lowest BCUT2D eigenvalue weighted by Gasteiger charge is -2.15. The second-order valence-electron chi connectivity index (χ2n) is 5.08. The molecule has 0 aliphatic heterocycles. The summed E-state index contributed by atoms with van der Waals surface area (Å²) in [7, 11) is -3.93. The molecule has 0 aromatic heterocycles. The van der Waals surface area contributed by atoms with Gasteiger partial charge in [0.05, 0.1) is 13.2 Å². The average molecular weight is 654 g/mol. The summed E-state index contributed by atoms with van der Waals surface area (Å²) >= 11 is 13.1. The minimum Gasteiger partial charge on any atom is -0.491 e. The molecule has 2 aromatic carbocycles. The highest BCUT2D eigenvalue weighted by Gasteiger charge is 2.29. The lowest BCUT2D eigenvalue weighted by atomic mass is 10.3. The summed E-state index contributed by atoms with van der Waals surface area (Å²) in [5.74, 6) is 0.820. The van der Waals surface area contributed by atoms with E-state index in [-0.39, 0.29) is 36.2 Å². The predicted octanol–water partition coefficient (Wildman–Crippen LogP) is 4.31. The van der Waals surface area contributed by atoms with Gasteiger partial charge in [0.25, 0.3) is 0 Å². The molecule has 0 amide bonds. The van der Waals surface area contributed by atoms with Crippen LogP contribution in [0.4, 0.5) is 0 Å². The van der Waals surface area contributed by atoms with Crippen molar-refractivity contribution in [1.29, 1.82) is 0 Å². The summed E-state index contributed by atoms with van der Waals surface area (Å²) in [5, 5.41) is 17.7. The van der Waals surface area contributed by atoms with Crippen molar-refractivity contribution < 1.29 is 28.1 Å². The number of ether oxygens (including phenoxy) is 2. The van der Waals surface area contributed by atoms with Gasteiger partial charge in [-0.15, -0.1) is 0 Å². The van der Waals surface area contributed by atoms with Crippen LogP contribution in [0.25, 0.3) is 0 Å². The summed E-state index contributed by atoms with van der Waals surface area (Å²) in [6, 6.07) is 6.09. The van der Waals surface area contributed by atoms with Crippen LogP contribution in [-0.2, 0) is 9.84 Å². The second-order valence-corrected chi connectivity index (χ2v) is 10.3. The van der Waals surface area contributed by atoms with Gasteiger partial charge in [-0.2, -0.15) is 0 Å². The highest BCUT2D eigenvalue weighted by Crippen LogP contribution is 2.43. The minimum absolute atomic E-state index is 0.0317. The van der Waals surface area contributed by atoms with Crippen molar-refractivity contribution in [1.82, 2.24) is 0 Å². The molecular weight excluding hydrogens is 640 g/mol.